The maximum atomic E-state index is 9.80. The molecule has 2 N–H and O–H groups in total. The first-order valence-electron chi connectivity index (χ1n) is 6.82. The monoisotopic (exact) mass is 227 g/mol. The third kappa shape index (κ3) is 2.96. The Morgan fingerprint density at radius 1 is 1.00 bits per heavy atom. The van der Waals surface area contributed by atoms with Crippen LogP contribution in [0.5, 0.6) is 0 Å². The van der Waals surface area contributed by atoms with Crippen molar-refractivity contribution < 1.29 is 10.2 Å². The van der Waals surface area contributed by atoms with Gasteiger partial charge in [-0.3, -0.25) is 0 Å². The second-order valence-electron chi connectivity index (χ2n) is 5.47. The number of likely N-dealkylation sites (tertiary alicyclic amines) is 1. The summed E-state index contributed by atoms with van der Waals surface area (Å²) >= 11 is 0. The van der Waals surface area contributed by atoms with Crippen LogP contribution in [0, 0.1) is 11.8 Å². The lowest BCUT2D eigenvalue weighted by molar-refractivity contribution is 0.124. The van der Waals surface area contributed by atoms with Gasteiger partial charge in [-0.15, -0.1) is 0 Å². The summed E-state index contributed by atoms with van der Waals surface area (Å²) in [5.41, 5.74) is 0. The van der Waals surface area contributed by atoms with E-state index in [1.54, 1.807) is 0 Å². The Morgan fingerprint density at radius 2 is 1.81 bits per heavy atom. The topological polar surface area (TPSA) is 43.7 Å². The molecule has 0 aromatic rings. The first kappa shape index (κ1) is 12.3. The quantitative estimate of drug-likeness (QED) is 0.671. The lowest BCUT2D eigenvalue weighted by Gasteiger charge is -2.17. The van der Waals surface area contributed by atoms with Crippen molar-refractivity contribution in [3.05, 3.63) is 0 Å². The Labute approximate surface area is 98.5 Å². The Hall–Kier alpha value is -0.120. The molecule has 0 radical (unpaired) electrons. The van der Waals surface area contributed by atoms with Gasteiger partial charge in [-0.05, 0) is 38.1 Å². The second-order valence-corrected chi connectivity index (χ2v) is 5.47. The van der Waals surface area contributed by atoms with Gasteiger partial charge in [0.2, 0.25) is 0 Å². The molecule has 0 spiro atoms. The van der Waals surface area contributed by atoms with Gasteiger partial charge >= 0.3 is 0 Å². The molecule has 0 aromatic carbocycles. The number of rotatable bonds is 6. The van der Waals surface area contributed by atoms with Crippen molar-refractivity contribution in [2.45, 2.75) is 44.6 Å². The van der Waals surface area contributed by atoms with Crippen LogP contribution in [0.2, 0.25) is 0 Å². The summed E-state index contributed by atoms with van der Waals surface area (Å²) in [6, 6.07) is 0. The van der Waals surface area contributed by atoms with Gasteiger partial charge in [-0.25, -0.2) is 0 Å². The van der Waals surface area contributed by atoms with E-state index >= 15 is 0 Å². The predicted molar refractivity (Wildman–Crippen MR) is 64.2 cm³/mol. The van der Waals surface area contributed by atoms with Crippen LogP contribution in [0.25, 0.3) is 0 Å². The summed E-state index contributed by atoms with van der Waals surface area (Å²) in [6.45, 7) is 3.85. The van der Waals surface area contributed by atoms with Crippen LogP contribution in [0.15, 0.2) is 0 Å². The molecule has 3 nitrogen and oxygen atoms in total. The van der Waals surface area contributed by atoms with Gasteiger partial charge in [-0.1, -0.05) is 12.8 Å². The van der Waals surface area contributed by atoms with E-state index in [-0.39, 0.29) is 6.10 Å². The van der Waals surface area contributed by atoms with Gasteiger partial charge in [0.25, 0.3) is 0 Å². The standard InChI is InChI=1S/C13H25NO2/c15-8-4-2-1-3-7-14-9-11-5-6-13(16)12(11)10-14/h11-13,15-16H,1-10H2. The fourth-order valence-electron chi connectivity index (χ4n) is 3.31. The number of fused-ring (bicyclic) bond motifs is 1. The molecule has 1 saturated carbocycles. The van der Waals surface area contributed by atoms with Gasteiger partial charge in [0.05, 0.1) is 6.10 Å². The molecular formula is C13H25NO2. The zero-order chi connectivity index (χ0) is 11.4. The zero-order valence-corrected chi connectivity index (χ0v) is 10.1. The highest BCUT2D eigenvalue weighted by Crippen LogP contribution is 2.37. The van der Waals surface area contributed by atoms with Gasteiger partial charge < -0.3 is 15.1 Å². The van der Waals surface area contributed by atoms with E-state index in [2.05, 4.69) is 4.90 Å². The molecule has 2 aliphatic rings. The molecule has 16 heavy (non-hydrogen) atoms. The molecule has 1 saturated heterocycles. The van der Waals surface area contributed by atoms with E-state index in [4.69, 9.17) is 5.11 Å². The number of hydrogen-bond acceptors (Lipinski definition) is 3. The number of hydrogen-bond donors (Lipinski definition) is 2. The number of aliphatic hydroxyl groups excluding tert-OH is 2. The normalized spacial score (nSPS) is 34.5. The van der Waals surface area contributed by atoms with Gasteiger partial charge in [-0.2, -0.15) is 0 Å². The molecular weight excluding hydrogens is 202 g/mol. The highest BCUT2D eigenvalue weighted by atomic mass is 16.3. The van der Waals surface area contributed by atoms with Crippen molar-refractivity contribution in [2.75, 3.05) is 26.2 Å². The third-order valence-electron chi connectivity index (χ3n) is 4.28. The molecule has 94 valence electrons. The van der Waals surface area contributed by atoms with Crippen LogP contribution in [-0.2, 0) is 0 Å². The first-order valence-corrected chi connectivity index (χ1v) is 6.82. The molecule has 2 fully saturated rings. The van der Waals surface area contributed by atoms with Crippen LogP contribution >= 0.6 is 0 Å². The largest absolute Gasteiger partial charge is 0.396 e. The number of unbranched alkanes of at least 4 members (excludes halogenated alkanes) is 3. The Bertz CT molecular complexity index is 210. The zero-order valence-electron chi connectivity index (χ0n) is 10.1. The third-order valence-corrected chi connectivity index (χ3v) is 4.28. The van der Waals surface area contributed by atoms with Crippen LogP contribution in [0.1, 0.15) is 38.5 Å². The van der Waals surface area contributed by atoms with Gasteiger partial charge in [0, 0.05) is 25.6 Å². The maximum Gasteiger partial charge on any atom is 0.0583 e. The van der Waals surface area contributed by atoms with Gasteiger partial charge in [0.15, 0.2) is 0 Å². The van der Waals surface area contributed by atoms with Crippen molar-refractivity contribution in [1.29, 1.82) is 0 Å². The van der Waals surface area contributed by atoms with E-state index in [9.17, 15) is 5.11 Å². The molecule has 3 unspecified atom stereocenters. The molecule has 0 aromatic heterocycles. The molecule has 3 atom stereocenters. The molecule has 3 heteroatoms. The fraction of sp³-hybridized carbons (Fsp3) is 1.00. The average molecular weight is 227 g/mol. The second kappa shape index (κ2) is 5.99. The molecule has 0 amide bonds. The van der Waals surface area contributed by atoms with Crippen LogP contribution in [0.3, 0.4) is 0 Å². The lowest BCUT2D eigenvalue weighted by Crippen LogP contribution is -2.25. The molecule has 1 aliphatic heterocycles. The minimum Gasteiger partial charge on any atom is -0.396 e. The van der Waals surface area contributed by atoms with Crippen molar-refractivity contribution in [3.8, 4) is 0 Å². The van der Waals surface area contributed by atoms with Crippen LogP contribution < -0.4 is 0 Å². The number of nitrogens with zero attached hydrogens (tertiary/aromatic N) is 1. The molecule has 0 bridgehead atoms. The summed E-state index contributed by atoms with van der Waals surface area (Å²) in [6.07, 6.45) is 6.81. The van der Waals surface area contributed by atoms with Crippen LogP contribution in [0.4, 0.5) is 0 Å². The Kier molecular flexibility index (Phi) is 4.62. The van der Waals surface area contributed by atoms with Crippen molar-refractivity contribution in [2.24, 2.45) is 11.8 Å². The molecule has 2 rings (SSSR count). The summed E-state index contributed by atoms with van der Waals surface area (Å²) < 4.78 is 0. The van der Waals surface area contributed by atoms with E-state index in [1.165, 1.54) is 32.4 Å². The highest BCUT2D eigenvalue weighted by molar-refractivity contribution is 4.93. The van der Waals surface area contributed by atoms with Crippen LogP contribution in [-0.4, -0.2) is 47.5 Å². The minimum absolute atomic E-state index is 0.0237. The van der Waals surface area contributed by atoms with Gasteiger partial charge in [0.1, 0.15) is 0 Å². The number of aliphatic hydroxyl groups is 2. The minimum atomic E-state index is -0.0237. The highest BCUT2D eigenvalue weighted by Gasteiger charge is 2.41. The summed E-state index contributed by atoms with van der Waals surface area (Å²) in [7, 11) is 0. The first-order chi connectivity index (χ1) is 7.81. The van der Waals surface area contributed by atoms with E-state index < -0.39 is 0 Å². The van der Waals surface area contributed by atoms with E-state index in [0.29, 0.717) is 12.5 Å². The average Bonchev–Trinajstić information content (AvgIpc) is 2.81. The SMILES string of the molecule is OCCCCCCN1CC2CCC(O)C2C1. The molecule has 1 heterocycles. The smallest absolute Gasteiger partial charge is 0.0583 e. The summed E-state index contributed by atoms with van der Waals surface area (Å²) in [5.74, 6) is 1.34. The fourth-order valence-corrected chi connectivity index (χ4v) is 3.31. The molecule has 1 aliphatic carbocycles. The van der Waals surface area contributed by atoms with Crippen molar-refractivity contribution >= 4 is 0 Å². The van der Waals surface area contributed by atoms with Crippen molar-refractivity contribution in [1.82, 2.24) is 4.90 Å². The Morgan fingerprint density at radius 3 is 2.56 bits per heavy atom. The van der Waals surface area contributed by atoms with E-state index in [1.807, 2.05) is 0 Å². The predicted octanol–water partition coefficient (Wildman–Crippen LogP) is 1.24. The van der Waals surface area contributed by atoms with E-state index in [0.717, 1.165) is 31.7 Å². The lowest BCUT2D eigenvalue weighted by atomic mass is 10.00. The Balaban J connectivity index is 1.59. The maximum absolute atomic E-state index is 9.80. The van der Waals surface area contributed by atoms with Crippen molar-refractivity contribution in [3.63, 3.8) is 0 Å². The summed E-state index contributed by atoms with van der Waals surface area (Å²) in [4.78, 5) is 2.52. The summed E-state index contributed by atoms with van der Waals surface area (Å²) in [5, 5.41) is 18.5.